The summed E-state index contributed by atoms with van der Waals surface area (Å²) in [6, 6.07) is 1.67. The lowest BCUT2D eigenvalue weighted by molar-refractivity contribution is 0.0887. The Morgan fingerprint density at radius 3 is 3.00 bits per heavy atom. The number of rotatable bonds is 5. The topological polar surface area (TPSA) is 75.4 Å². The quantitative estimate of drug-likeness (QED) is 0.778. The van der Waals surface area contributed by atoms with E-state index in [-0.39, 0.29) is 24.3 Å². The molecule has 1 aromatic rings. The molecule has 5 nitrogen and oxygen atoms in total. The lowest BCUT2D eigenvalue weighted by Gasteiger charge is -2.15. The first-order valence-corrected chi connectivity index (χ1v) is 5.55. The molecule has 1 atom stereocenters. The molecular weight excluding hydrogens is 208 g/mol. The fourth-order valence-corrected chi connectivity index (χ4v) is 1.77. The minimum atomic E-state index is -0.244. The molecule has 16 heavy (non-hydrogen) atoms. The van der Waals surface area contributed by atoms with Crippen molar-refractivity contribution in [3.63, 3.8) is 0 Å². The number of nitrogens with zero attached hydrogens (tertiary/aromatic N) is 1. The van der Waals surface area contributed by atoms with E-state index in [4.69, 9.17) is 9.63 Å². The van der Waals surface area contributed by atoms with Crippen LogP contribution in [0.4, 0.5) is 0 Å². The fourth-order valence-electron chi connectivity index (χ4n) is 1.77. The average molecular weight is 224 g/mol. The molecule has 1 heterocycles. The normalized spacial score (nSPS) is 17.1. The summed E-state index contributed by atoms with van der Waals surface area (Å²) in [6.45, 7) is 1.86. The number of hydrogen-bond acceptors (Lipinski definition) is 4. The van der Waals surface area contributed by atoms with Crippen molar-refractivity contribution in [3.05, 3.63) is 17.5 Å². The zero-order valence-corrected chi connectivity index (χ0v) is 9.27. The second-order valence-electron chi connectivity index (χ2n) is 4.26. The van der Waals surface area contributed by atoms with Gasteiger partial charge < -0.3 is 14.9 Å². The predicted octanol–water partition coefficient (Wildman–Crippen LogP) is 0.874. The lowest BCUT2D eigenvalue weighted by Crippen LogP contribution is -2.36. The Labute approximate surface area is 93.8 Å². The van der Waals surface area contributed by atoms with Crippen molar-refractivity contribution in [2.24, 2.45) is 5.92 Å². The number of aliphatic hydroxyl groups excluding tert-OH is 1. The number of carbonyl (C=O) groups excluding carboxylic acids is 1. The van der Waals surface area contributed by atoms with Crippen LogP contribution in [0.25, 0.3) is 0 Å². The zero-order chi connectivity index (χ0) is 11.5. The second kappa shape index (κ2) is 4.65. The van der Waals surface area contributed by atoms with Gasteiger partial charge in [0.15, 0.2) is 0 Å². The minimum Gasteiger partial charge on any atom is -0.396 e. The zero-order valence-electron chi connectivity index (χ0n) is 9.27. The van der Waals surface area contributed by atoms with Gasteiger partial charge in [0.2, 0.25) is 5.76 Å². The van der Waals surface area contributed by atoms with Crippen LogP contribution in [-0.2, 0) is 0 Å². The number of aromatic nitrogens is 1. The Balaban J connectivity index is 1.94. The molecule has 1 saturated carbocycles. The molecule has 0 bridgehead atoms. The number of amides is 1. The number of hydrogen-bond donors (Lipinski definition) is 2. The maximum atomic E-state index is 11.7. The van der Waals surface area contributed by atoms with Gasteiger partial charge in [-0.3, -0.25) is 4.79 Å². The highest BCUT2D eigenvalue weighted by Gasteiger charge is 2.32. The Hall–Kier alpha value is -1.36. The van der Waals surface area contributed by atoms with Crippen LogP contribution in [0, 0.1) is 12.8 Å². The number of carbonyl (C=O) groups is 1. The van der Waals surface area contributed by atoms with Crippen LogP contribution in [0.5, 0.6) is 0 Å². The van der Waals surface area contributed by atoms with E-state index in [1.165, 1.54) is 0 Å². The molecule has 1 unspecified atom stereocenters. The van der Waals surface area contributed by atoms with Gasteiger partial charge in [0.1, 0.15) is 0 Å². The predicted molar refractivity (Wildman–Crippen MR) is 56.9 cm³/mol. The summed E-state index contributed by atoms with van der Waals surface area (Å²) in [5.41, 5.74) is 0.690. The first-order valence-electron chi connectivity index (χ1n) is 5.55. The molecule has 1 amide bonds. The van der Waals surface area contributed by atoms with E-state index in [1.54, 1.807) is 13.0 Å². The second-order valence-corrected chi connectivity index (χ2v) is 4.26. The molecule has 2 N–H and O–H groups in total. The highest BCUT2D eigenvalue weighted by atomic mass is 16.5. The van der Waals surface area contributed by atoms with Crippen molar-refractivity contribution in [3.8, 4) is 0 Å². The maximum absolute atomic E-state index is 11.7. The first-order chi connectivity index (χ1) is 7.70. The van der Waals surface area contributed by atoms with Crippen LogP contribution in [0.1, 0.15) is 35.5 Å². The fraction of sp³-hybridized carbons (Fsp3) is 0.636. The number of nitrogens with one attached hydrogen (secondary N) is 1. The lowest BCUT2D eigenvalue weighted by atomic mass is 10.1. The van der Waals surface area contributed by atoms with E-state index in [9.17, 15) is 4.79 Å². The molecule has 5 heteroatoms. The van der Waals surface area contributed by atoms with Crippen LogP contribution in [-0.4, -0.2) is 28.8 Å². The molecule has 1 aromatic heterocycles. The molecule has 0 aliphatic heterocycles. The summed E-state index contributed by atoms with van der Waals surface area (Å²) in [5, 5.41) is 15.5. The Morgan fingerprint density at radius 2 is 2.50 bits per heavy atom. The third-order valence-electron chi connectivity index (χ3n) is 2.80. The van der Waals surface area contributed by atoms with E-state index < -0.39 is 0 Å². The summed E-state index contributed by atoms with van der Waals surface area (Å²) in [6.07, 6.45) is 2.85. The average Bonchev–Trinajstić information content (AvgIpc) is 3.00. The molecule has 1 fully saturated rings. The smallest absolute Gasteiger partial charge is 0.290 e. The first kappa shape index (κ1) is 11.1. The largest absolute Gasteiger partial charge is 0.396 e. The van der Waals surface area contributed by atoms with E-state index in [1.807, 2.05) is 0 Å². The molecule has 0 radical (unpaired) electrons. The van der Waals surface area contributed by atoms with Gasteiger partial charge in [-0.1, -0.05) is 5.16 Å². The number of aliphatic hydroxyl groups is 1. The minimum absolute atomic E-state index is 0.0582. The number of aryl methyl sites for hydroxylation is 1. The molecule has 0 aromatic carbocycles. The van der Waals surface area contributed by atoms with Crippen molar-refractivity contribution in [2.75, 3.05) is 6.61 Å². The highest BCUT2D eigenvalue weighted by Crippen LogP contribution is 2.34. The Morgan fingerprint density at radius 1 is 1.75 bits per heavy atom. The van der Waals surface area contributed by atoms with Gasteiger partial charge in [-0.2, -0.15) is 0 Å². The van der Waals surface area contributed by atoms with Gasteiger partial charge in [-0.15, -0.1) is 0 Å². The summed E-state index contributed by atoms with van der Waals surface area (Å²) in [5.74, 6) is 0.507. The van der Waals surface area contributed by atoms with Gasteiger partial charge in [0.25, 0.3) is 5.91 Å². The molecule has 1 aliphatic rings. The maximum Gasteiger partial charge on any atom is 0.290 e. The molecule has 1 aliphatic carbocycles. The van der Waals surface area contributed by atoms with Crippen molar-refractivity contribution in [1.29, 1.82) is 0 Å². The molecule has 2 rings (SSSR count). The van der Waals surface area contributed by atoms with E-state index in [0.29, 0.717) is 18.0 Å². The van der Waals surface area contributed by atoms with E-state index >= 15 is 0 Å². The Bertz CT molecular complexity index is 371. The third kappa shape index (κ3) is 2.61. The van der Waals surface area contributed by atoms with Crippen LogP contribution < -0.4 is 5.32 Å². The molecule has 0 spiro atoms. The van der Waals surface area contributed by atoms with Crippen LogP contribution in [0.3, 0.4) is 0 Å². The van der Waals surface area contributed by atoms with Gasteiger partial charge in [0, 0.05) is 18.7 Å². The summed E-state index contributed by atoms with van der Waals surface area (Å²) < 4.78 is 4.88. The summed E-state index contributed by atoms with van der Waals surface area (Å²) >= 11 is 0. The van der Waals surface area contributed by atoms with E-state index in [0.717, 1.165) is 12.8 Å². The van der Waals surface area contributed by atoms with Crippen LogP contribution in [0.2, 0.25) is 0 Å². The third-order valence-corrected chi connectivity index (χ3v) is 2.80. The summed E-state index contributed by atoms with van der Waals surface area (Å²) in [4.78, 5) is 11.7. The van der Waals surface area contributed by atoms with Gasteiger partial charge in [-0.25, -0.2) is 0 Å². The molecule has 0 saturated heterocycles. The van der Waals surface area contributed by atoms with Gasteiger partial charge in [0.05, 0.1) is 5.69 Å². The van der Waals surface area contributed by atoms with Gasteiger partial charge >= 0.3 is 0 Å². The van der Waals surface area contributed by atoms with Crippen molar-refractivity contribution in [1.82, 2.24) is 10.5 Å². The van der Waals surface area contributed by atoms with E-state index in [2.05, 4.69) is 10.5 Å². The Kier molecular flexibility index (Phi) is 3.24. The molecular formula is C11H16N2O3. The standard InChI is InChI=1S/C11H16N2O3/c1-7-6-10(16-13-7)11(15)12-9(4-5-14)8-2-3-8/h6,8-9,14H,2-5H2,1H3,(H,12,15). The van der Waals surface area contributed by atoms with Crippen LogP contribution in [0.15, 0.2) is 10.6 Å². The van der Waals surface area contributed by atoms with Crippen molar-refractivity contribution >= 4 is 5.91 Å². The highest BCUT2D eigenvalue weighted by molar-refractivity contribution is 5.91. The van der Waals surface area contributed by atoms with Crippen molar-refractivity contribution < 1.29 is 14.4 Å². The van der Waals surface area contributed by atoms with Crippen molar-refractivity contribution in [2.45, 2.75) is 32.2 Å². The summed E-state index contributed by atoms with van der Waals surface area (Å²) in [7, 11) is 0. The van der Waals surface area contributed by atoms with Gasteiger partial charge in [-0.05, 0) is 32.1 Å². The molecule has 88 valence electrons. The SMILES string of the molecule is Cc1cc(C(=O)NC(CCO)C2CC2)on1. The van der Waals surface area contributed by atoms with Crippen LogP contribution >= 0.6 is 0 Å². The monoisotopic (exact) mass is 224 g/mol.